The molecular formula is C18H21Al. The SMILES string of the molecule is C[CH2][Al]1[CH2]C(c2ccccc2)C[CH]1c1ccccc1. The van der Waals surface area contributed by atoms with E-state index >= 15 is 0 Å². The zero-order valence-corrected chi connectivity index (χ0v) is 12.8. The van der Waals surface area contributed by atoms with Gasteiger partial charge in [-0.3, -0.25) is 0 Å². The molecule has 0 N–H and O–H groups in total. The van der Waals surface area contributed by atoms with E-state index in [0.717, 1.165) is 10.7 Å². The molecule has 0 amide bonds. The van der Waals surface area contributed by atoms with Crippen molar-refractivity contribution in [1.82, 2.24) is 0 Å². The van der Waals surface area contributed by atoms with E-state index < -0.39 is 14.1 Å². The first-order valence-electron chi connectivity index (χ1n) is 7.48. The third-order valence-electron chi connectivity index (χ3n) is 4.72. The molecule has 1 aliphatic heterocycles. The molecule has 0 nitrogen and oxygen atoms in total. The van der Waals surface area contributed by atoms with Gasteiger partial charge in [0, 0.05) is 0 Å². The Morgan fingerprint density at radius 2 is 1.47 bits per heavy atom. The van der Waals surface area contributed by atoms with Crippen LogP contribution in [0, 0.1) is 0 Å². The third kappa shape index (κ3) is 2.78. The standard InChI is InChI=1S/C16H16.C2H5.Al/c1-14(16-10-6-3-7-11-16)12-13-15-8-4-2-5-9-15;1-2;/h2-11,13-14H,1,12H2;1H2,2H3;. The Bertz CT molecular complexity index is 506. The van der Waals surface area contributed by atoms with E-state index in [1.165, 1.54) is 17.0 Å². The van der Waals surface area contributed by atoms with Crippen molar-refractivity contribution in [3.63, 3.8) is 0 Å². The molecule has 0 spiro atoms. The second-order valence-corrected chi connectivity index (χ2v) is 9.38. The molecule has 96 valence electrons. The fraction of sp³-hybridized carbons (Fsp3) is 0.333. The summed E-state index contributed by atoms with van der Waals surface area (Å²) in [6.45, 7) is 2.40. The summed E-state index contributed by atoms with van der Waals surface area (Å²) in [4.78, 5) is 0. The van der Waals surface area contributed by atoms with Crippen LogP contribution in [0.15, 0.2) is 60.7 Å². The van der Waals surface area contributed by atoms with Crippen molar-refractivity contribution in [1.29, 1.82) is 0 Å². The highest BCUT2D eigenvalue weighted by atomic mass is 27.2. The first-order valence-corrected chi connectivity index (χ1v) is 9.78. The van der Waals surface area contributed by atoms with Gasteiger partial charge in [-0.2, -0.15) is 0 Å². The van der Waals surface area contributed by atoms with Crippen LogP contribution in [0.3, 0.4) is 0 Å². The molecule has 2 atom stereocenters. The molecule has 1 heterocycles. The topological polar surface area (TPSA) is 0 Å². The average Bonchev–Trinajstić information content (AvgIpc) is 2.93. The molecule has 0 saturated carbocycles. The fourth-order valence-electron chi connectivity index (χ4n) is 3.68. The van der Waals surface area contributed by atoms with E-state index in [9.17, 15) is 0 Å². The summed E-state index contributed by atoms with van der Waals surface area (Å²) < 4.78 is 0.886. The van der Waals surface area contributed by atoms with Gasteiger partial charge >= 0.3 is 0 Å². The molecule has 0 aliphatic carbocycles. The summed E-state index contributed by atoms with van der Waals surface area (Å²) in [7, 11) is 0. The monoisotopic (exact) mass is 264 g/mol. The molecule has 2 aromatic rings. The predicted octanol–water partition coefficient (Wildman–Crippen LogP) is 5.01. The quantitative estimate of drug-likeness (QED) is 0.683. The van der Waals surface area contributed by atoms with Crippen LogP contribution >= 0.6 is 0 Å². The van der Waals surface area contributed by atoms with E-state index in [0.29, 0.717) is 0 Å². The molecule has 3 rings (SSSR count). The molecule has 1 saturated heterocycles. The van der Waals surface area contributed by atoms with Crippen LogP contribution in [0.25, 0.3) is 0 Å². The van der Waals surface area contributed by atoms with Crippen LogP contribution in [-0.2, 0) is 0 Å². The lowest BCUT2D eigenvalue weighted by Crippen LogP contribution is -2.15. The summed E-state index contributed by atoms with van der Waals surface area (Å²) >= 11 is -0.629. The van der Waals surface area contributed by atoms with E-state index in [2.05, 4.69) is 67.6 Å². The molecule has 0 radical (unpaired) electrons. The second kappa shape index (κ2) is 5.95. The zero-order chi connectivity index (χ0) is 13.1. The van der Waals surface area contributed by atoms with E-state index in [-0.39, 0.29) is 0 Å². The van der Waals surface area contributed by atoms with Gasteiger partial charge in [0.25, 0.3) is 14.1 Å². The van der Waals surface area contributed by atoms with Crippen LogP contribution in [0.5, 0.6) is 0 Å². The highest BCUT2D eigenvalue weighted by Crippen LogP contribution is 2.44. The van der Waals surface area contributed by atoms with E-state index in [1.807, 2.05) is 0 Å². The highest BCUT2D eigenvalue weighted by molar-refractivity contribution is 6.61. The van der Waals surface area contributed by atoms with Gasteiger partial charge in [-0.15, -0.1) is 0 Å². The van der Waals surface area contributed by atoms with Gasteiger partial charge < -0.3 is 0 Å². The summed E-state index contributed by atoms with van der Waals surface area (Å²) in [5.74, 6) is 0.808. The van der Waals surface area contributed by atoms with Gasteiger partial charge in [0.1, 0.15) is 0 Å². The summed E-state index contributed by atoms with van der Waals surface area (Å²) in [5, 5.41) is 2.92. The van der Waals surface area contributed by atoms with Gasteiger partial charge in [-0.05, 0) is 11.5 Å². The first-order chi connectivity index (χ1) is 9.38. The fourth-order valence-corrected chi connectivity index (χ4v) is 7.59. The van der Waals surface area contributed by atoms with Gasteiger partial charge in [0.15, 0.2) is 0 Å². The van der Waals surface area contributed by atoms with Crippen molar-refractivity contribution >= 4 is 14.1 Å². The minimum Gasteiger partial charge on any atom is -0.0963 e. The number of benzene rings is 2. The lowest BCUT2D eigenvalue weighted by atomic mass is 9.94. The van der Waals surface area contributed by atoms with Crippen LogP contribution in [-0.4, -0.2) is 14.1 Å². The van der Waals surface area contributed by atoms with Gasteiger partial charge in [0.2, 0.25) is 0 Å². The smallest absolute Gasteiger partial charge is 0.0963 e. The molecule has 2 aromatic carbocycles. The molecule has 19 heavy (non-hydrogen) atoms. The van der Waals surface area contributed by atoms with Crippen LogP contribution in [0.1, 0.15) is 35.2 Å². The van der Waals surface area contributed by atoms with Crippen molar-refractivity contribution in [2.24, 2.45) is 0 Å². The van der Waals surface area contributed by atoms with Crippen molar-refractivity contribution in [3.05, 3.63) is 71.8 Å². The predicted molar refractivity (Wildman–Crippen MR) is 84.0 cm³/mol. The van der Waals surface area contributed by atoms with E-state index in [1.54, 1.807) is 11.1 Å². The minimum absolute atomic E-state index is 0.629. The average molecular weight is 264 g/mol. The van der Waals surface area contributed by atoms with E-state index in [4.69, 9.17) is 0 Å². The molecule has 0 bridgehead atoms. The van der Waals surface area contributed by atoms with Crippen LogP contribution in [0.4, 0.5) is 0 Å². The summed E-state index contributed by atoms with van der Waals surface area (Å²) in [6.07, 6.45) is 1.37. The normalized spacial score (nSPS) is 22.7. The largest absolute Gasteiger partial charge is 0.271 e. The third-order valence-corrected chi connectivity index (χ3v) is 8.74. The molecule has 1 aliphatic rings. The van der Waals surface area contributed by atoms with Crippen molar-refractivity contribution in [2.75, 3.05) is 0 Å². The molecule has 2 unspecified atom stereocenters. The summed E-state index contributed by atoms with van der Waals surface area (Å²) in [5.41, 5.74) is 3.16. The summed E-state index contributed by atoms with van der Waals surface area (Å²) in [6, 6.07) is 22.4. The van der Waals surface area contributed by atoms with Crippen molar-refractivity contribution in [2.45, 2.75) is 34.6 Å². The number of hydrogen-bond donors (Lipinski definition) is 0. The number of rotatable bonds is 3. The molecule has 1 fully saturated rings. The first kappa shape index (κ1) is 13.0. The molecule has 0 aromatic heterocycles. The zero-order valence-electron chi connectivity index (χ0n) is 11.6. The Labute approximate surface area is 120 Å². The Morgan fingerprint density at radius 1 is 0.895 bits per heavy atom. The van der Waals surface area contributed by atoms with Crippen LogP contribution in [0.2, 0.25) is 10.6 Å². The second-order valence-electron chi connectivity index (χ2n) is 5.76. The van der Waals surface area contributed by atoms with Gasteiger partial charge in [0.05, 0.1) is 0 Å². The molecule has 1 heteroatoms. The van der Waals surface area contributed by atoms with Crippen molar-refractivity contribution < 1.29 is 0 Å². The Hall–Kier alpha value is -1.03. The minimum atomic E-state index is -0.629. The lowest BCUT2D eigenvalue weighted by Gasteiger charge is -2.15. The Balaban J connectivity index is 1.83. The van der Waals surface area contributed by atoms with Gasteiger partial charge in [-0.1, -0.05) is 94.9 Å². The molecular weight excluding hydrogens is 243 g/mol. The highest BCUT2D eigenvalue weighted by Gasteiger charge is 2.38. The Kier molecular flexibility index (Phi) is 4.07. The van der Waals surface area contributed by atoms with Crippen LogP contribution < -0.4 is 0 Å². The lowest BCUT2D eigenvalue weighted by molar-refractivity contribution is 0.709. The maximum atomic E-state index is 2.40. The maximum Gasteiger partial charge on any atom is 0.271 e. The van der Waals surface area contributed by atoms with Gasteiger partial charge in [-0.25, -0.2) is 0 Å². The van der Waals surface area contributed by atoms with Crippen molar-refractivity contribution in [3.8, 4) is 0 Å². The number of hydrogen-bond acceptors (Lipinski definition) is 0. The maximum absolute atomic E-state index is 2.40. The Morgan fingerprint density at radius 3 is 2.05 bits per heavy atom.